The standard InChI is InChI=1S/C14H20ClNO2/c1-11-2-3-14(13(15)8-11)18-7-5-16-9-12-4-6-17-10-12/h2-3,8,12,16H,4-7,9-10H2,1H3. The van der Waals surface area contributed by atoms with Crippen LogP contribution in [0.2, 0.25) is 5.02 Å². The van der Waals surface area contributed by atoms with Crippen LogP contribution in [0.1, 0.15) is 12.0 Å². The molecule has 1 aromatic carbocycles. The molecule has 1 unspecified atom stereocenters. The van der Waals surface area contributed by atoms with Gasteiger partial charge in [0, 0.05) is 19.7 Å². The normalized spacial score (nSPS) is 19.1. The van der Waals surface area contributed by atoms with E-state index in [0.29, 0.717) is 17.5 Å². The minimum atomic E-state index is 0.635. The Balaban J connectivity index is 1.62. The van der Waals surface area contributed by atoms with E-state index < -0.39 is 0 Å². The molecule has 0 radical (unpaired) electrons. The molecule has 0 amide bonds. The van der Waals surface area contributed by atoms with Gasteiger partial charge in [0.2, 0.25) is 0 Å². The van der Waals surface area contributed by atoms with Crippen molar-refractivity contribution in [3.63, 3.8) is 0 Å². The van der Waals surface area contributed by atoms with Crippen molar-refractivity contribution in [3.8, 4) is 5.75 Å². The summed E-state index contributed by atoms with van der Waals surface area (Å²) in [7, 11) is 0. The van der Waals surface area contributed by atoms with Gasteiger partial charge in [-0.05, 0) is 37.0 Å². The fraction of sp³-hybridized carbons (Fsp3) is 0.571. The van der Waals surface area contributed by atoms with Crippen LogP contribution in [0.5, 0.6) is 5.75 Å². The number of benzene rings is 1. The monoisotopic (exact) mass is 269 g/mol. The van der Waals surface area contributed by atoms with Crippen molar-refractivity contribution in [1.82, 2.24) is 5.32 Å². The lowest BCUT2D eigenvalue weighted by Crippen LogP contribution is -2.27. The Morgan fingerprint density at radius 1 is 1.50 bits per heavy atom. The van der Waals surface area contributed by atoms with Crippen molar-refractivity contribution in [2.75, 3.05) is 32.9 Å². The van der Waals surface area contributed by atoms with E-state index in [2.05, 4.69) is 5.32 Å². The van der Waals surface area contributed by atoms with Crippen LogP contribution in [0.3, 0.4) is 0 Å². The van der Waals surface area contributed by atoms with E-state index in [4.69, 9.17) is 21.1 Å². The maximum absolute atomic E-state index is 6.08. The molecule has 1 saturated heterocycles. The van der Waals surface area contributed by atoms with E-state index in [0.717, 1.165) is 44.0 Å². The Labute approximate surface area is 113 Å². The summed E-state index contributed by atoms with van der Waals surface area (Å²) in [5, 5.41) is 4.06. The Kier molecular flexibility index (Phi) is 5.29. The quantitative estimate of drug-likeness (QED) is 0.806. The van der Waals surface area contributed by atoms with Crippen LogP contribution in [0.15, 0.2) is 18.2 Å². The summed E-state index contributed by atoms with van der Waals surface area (Å²) < 4.78 is 11.0. The molecule has 0 aromatic heterocycles. The third kappa shape index (κ3) is 4.16. The van der Waals surface area contributed by atoms with Crippen LogP contribution in [-0.2, 0) is 4.74 Å². The third-order valence-electron chi connectivity index (χ3n) is 3.08. The highest BCUT2D eigenvalue weighted by Gasteiger charge is 2.14. The first kappa shape index (κ1) is 13.7. The maximum Gasteiger partial charge on any atom is 0.137 e. The van der Waals surface area contributed by atoms with E-state index in [-0.39, 0.29) is 0 Å². The topological polar surface area (TPSA) is 30.5 Å². The molecule has 2 rings (SSSR count). The highest BCUT2D eigenvalue weighted by Crippen LogP contribution is 2.24. The molecule has 1 aliphatic heterocycles. The zero-order valence-electron chi connectivity index (χ0n) is 10.7. The fourth-order valence-electron chi connectivity index (χ4n) is 2.01. The van der Waals surface area contributed by atoms with Crippen LogP contribution in [0.25, 0.3) is 0 Å². The van der Waals surface area contributed by atoms with E-state index in [9.17, 15) is 0 Å². The lowest BCUT2D eigenvalue weighted by molar-refractivity contribution is 0.185. The minimum Gasteiger partial charge on any atom is -0.491 e. The van der Waals surface area contributed by atoms with E-state index >= 15 is 0 Å². The van der Waals surface area contributed by atoms with Gasteiger partial charge in [-0.1, -0.05) is 17.7 Å². The van der Waals surface area contributed by atoms with Gasteiger partial charge in [0.1, 0.15) is 12.4 Å². The first-order valence-electron chi connectivity index (χ1n) is 6.43. The molecular weight excluding hydrogens is 250 g/mol. The van der Waals surface area contributed by atoms with Gasteiger partial charge >= 0.3 is 0 Å². The number of rotatable bonds is 6. The Bertz CT molecular complexity index is 378. The minimum absolute atomic E-state index is 0.635. The summed E-state index contributed by atoms with van der Waals surface area (Å²) in [4.78, 5) is 0. The Morgan fingerprint density at radius 3 is 3.11 bits per heavy atom. The van der Waals surface area contributed by atoms with E-state index in [1.807, 2.05) is 25.1 Å². The van der Waals surface area contributed by atoms with Crippen molar-refractivity contribution in [2.24, 2.45) is 5.92 Å². The second-order valence-corrected chi connectivity index (χ2v) is 5.12. The average molecular weight is 270 g/mol. The Morgan fingerprint density at radius 2 is 2.39 bits per heavy atom. The van der Waals surface area contributed by atoms with Gasteiger partial charge in [-0.3, -0.25) is 0 Å². The first-order chi connectivity index (χ1) is 8.75. The zero-order chi connectivity index (χ0) is 12.8. The van der Waals surface area contributed by atoms with Crippen molar-refractivity contribution in [3.05, 3.63) is 28.8 Å². The second kappa shape index (κ2) is 6.98. The summed E-state index contributed by atoms with van der Waals surface area (Å²) in [5.41, 5.74) is 1.15. The molecule has 100 valence electrons. The summed E-state index contributed by atoms with van der Waals surface area (Å²) in [6.45, 7) is 6.28. The predicted molar refractivity (Wildman–Crippen MR) is 73.5 cm³/mol. The second-order valence-electron chi connectivity index (χ2n) is 4.72. The number of nitrogens with one attached hydrogen (secondary N) is 1. The fourth-order valence-corrected chi connectivity index (χ4v) is 2.30. The SMILES string of the molecule is Cc1ccc(OCCNCC2CCOC2)c(Cl)c1. The molecule has 18 heavy (non-hydrogen) atoms. The smallest absolute Gasteiger partial charge is 0.137 e. The van der Waals surface area contributed by atoms with Gasteiger partial charge in [0.05, 0.1) is 11.6 Å². The van der Waals surface area contributed by atoms with Crippen molar-refractivity contribution in [2.45, 2.75) is 13.3 Å². The molecule has 4 heteroatoms. The molecule has 1 fully saturated rings. The molecule has 1 heterocycles. The van der Waals surface area contributed by atoms with Crippen LogP contribution in [-0.4, -0.2) is 32.9 Å². The molecule has 0 spiro atoms. The van der Waals surface area contributed by atoms with E-state index in [1.54, 1.807) is 0 Å². The Hall–Kier alpha value is -0.770. The lowest BCUT2D eigenvalue weighted by atomic mass is 10.1. The van der Waals surface area contributed by atoms with Gasteiger partial charge in [-0.25, -0.2) is 0 Å². The molecule has 0 bridgehead atoms. The predicted octanol–water partition coefficient (Wildman–Crippen LogP) is 2.65. The van der Waals surface area contributed by atoms with E-state index in [1.165, 1.54) is 0 Å². The van der Waals surface area contributed by atoms with Crippen molar-refractivity contribution in [1.29, 1.82) is 0 Å². The molecular formula is C14H20ClNO2. The number of hydrogen-bond donors (Lipinski definition) is 1. The maximum atomic E-state index is 6.08. The van der Waals surface area contributed by atoms with Crippen LogP contribution in [0, 0.1) is 12.8 Å². The number of aryl methyl sites for hydroxylation is 1. The third-order valence-corrected chi connectivity index (χ3v) is 3.38. The van der Waals surface area contributed by atoms with Crippen molar-refractivity contribution < 1.29 is 9.47 Å². The van der Waals surface area contributed by atoms with Gasteiger partial charge < -0.3 is 14.8 Å². The van der Waals surface area contributed by atoms with Gasteiger partial charge in [0.15, 0.2) is 0 Å². The summed E-state index contributed by atoms with van der Waals surface area (Å²) in [6, 6.07) is 5.84. The molecule has 3 nitrogen and oxygen atoms in total. The van der Waals surface area contributed by atoms with Gasteiger partial charge in [0.25, 0.3) is 0 Å². The lowest BCUT2D eigenvalue weighted by Gasteiger charge is -2.11. The average Bonchev–Trinajstić information content (AvgIpc) is 2.84. The summed E-state index contributed by atoms with van der Waals surface area (Å²) in [6.07, 6.45) is 1.16. The van der Waals surface area contributed by atoms with Crippen molar-refractivity contribution >= 4 is 11.6 Å². The van der Waals surface area contributed by atoms with Gasteiger partial charge in [-0.15, -0.1) is 0 Å². The number of hydrogen-bond acceptors (Lipinski definition) is 3. The highest BCUT2D eigenvalue weighted by molar-refractivity contribution is 6.32. The molecule has 1 N–H and O–H groups in total. The van der Waals surface area contributed by atoms with Crippen LogP contribution in [0.4, 0.5) is 0 Å². The highest BCUT2D eigenvalue weighted by atomic mass is 35.5. The number of ether oxygens (including phenoxy) is 2. The molecule has 1 aliphatic rings. The number of halogens is 1. The van der Waals surface area contributed by atoms with Crippen LogP contribution >= 0.6 is 11.6 Å². The van der Waals surface area contributed by atoms with Crippen LogP contribution < -0.4 is 10.1 Å². The largest absolute Gasteiger partial charge is 0.491 e. The zero-order valence-corrected chi connectivity index (χ0v) is 11.5. The molecule has 1 atom stereocenters. The van der Waals surface area contributed by atoms with Gasteiger partial charge in [-0.2, -0.15) is 0 Å². The molecule has 0 saturated carbocycles. The molecule has 1 aromatic rings. The summed E-state index contributed by atoms with van der Waals surface area (Å²) in [5.74, 6) is 1.42. The first-order valence-corrected chi connectivity index (χ1v) is 6.81. The molecule has 0 aliphatic carbocycles. The summed E-state index contributed by atoms with van der Waals surface area (Å²) >= 11 is 6.08.